The zero-order chi connectivity index (χ0) is 15.7. The van der Waals surface area contributed by atoms with Crippen LogP contribution >= 0.6 is 0 Å². The molecule has 1 amide bonds. The summed E-state index contributed by atoms with van der Waals surface area (Å²) in [5.74, 6) is 0. The molecule has 1 atom stereocenters. The summed E-state index contributed by atoms with van der Waals surface area (Å²) in [4.78, 5) is 13.9. The van der Waals surface area contributed by atoms with Crippen LogP contribution in [0.3, 0.4) is 0 Å². The van der Waals surface area contributed by atoms with Gasteiger partial charge in [-0.25, -0.2) is 4.79 Å². The van der Waals surface area contributed by atoms with Crippen molar-refractivity contribution in [1.82, 2.24) is 10.2 Å². The molecule has 0 saturated carbocycles. The van der Waals surface area contributed by atoms with Crippen LogP contribution in [0.15, 0.2) is 0 Å². The Kier molecular flexibility index (Phi) is 8.04. The highest BCUT2D eigenvalue weighted by Gasteiger charge is 2.21. The summed E-state index contributed by atoms with van der Waals surface area (Å²) in [5, 5.41) is 3.54. The molecule has 1 aliphatic rings. The molecular formula is C16H32N2O3. The second kappa shape index (κ2) is 9.26. The Balaban J connectivity index is 2.34. The van der Waals surface area contributed by atoms with E-state index in [1.807, 2.05) is 20.8 Å². The van der Waals surface area contributed by atoms with Gasteiger partial charge in [0.05, 0.1) is 0 Å². The molecule has 21 heavy (non-hydrogen) atoms. The first-order chi connectivity index (χ1) is 9.92. The van der Waals surface area contributed by atoms with Crippen LogP contribution in [-0.4, -0.2) is 55.5 Å². The molecule has 5 heteroatoms. The van der Waals surface area contributed by atoms with E-state index in [2.05, 4.69) is 12.2 Å². The van der Waals surface area contributed by atoms with Crippen molar-refractivity contribution in [1.29, 1.82) is 0 Å². The van der Waals surface area contributed by atoms with Crippen LogP contribution in [0.1, 0.15) is 53.4 Å². The molecule has 0 aromatic heterocycles. The molecule has 1 N–H and O–H groups in total. The van der Waals surface area contributed by atoms with Gasteiger partial charge in [-0.05, 0) is 46.5 Å². The van der Waals surface area contributed by atoms with Crippen molar-refractivity contribution >= 4 is 6.09 Å². The molecule has 1 heterocycles. The SMILES string of the molecule is CCCN(CCNC1CCCOCC1)C(=O)OC(C)(C)C. The predicted octanol–water partition coefficient (Wildman–Crippen LogP) is 2.79. The monoisotopic (exact) mass is 300 g/mol. The maximum Gasteiger partial charge on any atom is 0.410 e. The maximum atomic E-state index is 12.1. The lowest BCUT2D eigenvalue weighted by Crippen LogP contribution is -2.42. The number of hydrogen-bond acceptors (Lipinski definition) is 4. The van der Waals surface area contributed by atoms with E-state index in [9.17, 15) is 4.79 Å². The normalized spacial score (nSPS) is 19.9. The third-order valence-corrected chi connectivity index (χ3v) is 3.41. The van der Waals surface area contributed by atoms with Crippen LogP contribution in [0.2, 0.25) is 0 Å². The Hall–Kier alpha value is -0.810. The van der Waals surface area contributed by atoms with Crippen molar-refractivity contribution in [2.45, 2.75) is 65.0 Å². The second-order valence-electron chi connectivity index (χ2n) is 6.66. The lowest BCUT2D eigenvalue weighted by Gasteiger charge is -2.28. The summed E-state index contributed by atoms with van der Waals surface area (Å²) in [5.41, 5.74) is -0.435. The summed E-state index contributed by atoms with van der Waals surface area (Å²) in [7, 11) is 0. The van der Waals surface area contributed by atoms with Crippen molar-refractivity contribution in [3.8, 4) is 0 Å². The van der Waals surface area contributed by atoms with Gasteiger partial charge in [-0.2, -0.15) is 0 Å². The van der Waals surface area contributed by atoms with E-state index in [0.29, 0.717) is 12.6 Å². The lowest BCUT2D eigenvalue weighted by atomic mass is 10.1. The quantitative estimate of drug-likeness (QED) is 0.819. The van der Waals surface area contributed by atoms with Crippen LogP contribution in [0, 0.1) is 0 Å². The summed E-state index contributed by atoms with van der Waals surface area (Å²) in [6, 6.07) is 0.509. The summed E-state index contributed by atoms with van der Waals surface area (Å²) < 4.78 is 10.9. The smallest absolute Gasteiger partial charge is 0.410 e. The minimum absolute atomic E-state index is 0.213. The molecule has 0 aliphatic carbocycles. The first-order valence-electron chi connectivity index (χ1n) is 8.21. The number of carbonyl (C=O) groups is 1. The lowest BCUT2D eigenvalue weighted by molar-refractivity contribution is 0.0250. The highest BCUT2D eigenvalue weighted by Crippen LogP contribution is 2.11. The number of nitrogens with zero attached hydrogens (tertiary/aromatic N) is 1. The van der Waals surface area contributed by atoms with E-state index in [1.165, 1.54) is 0 Å². The number of nitrogens with one attached hydrogen (secondary N) is 1. The molecule has 0 aromatic rings. The first kappa shape index (κ1) is 18.2. The van der Waals surface area contributed by atoms with Crippen LogP contribution in [0.5, 0.6) is 0 Å². The third-order valence-electron chi connectivity index (χ3n) is 3.41. The summed E-state index contributed by atoms with van der Waals surface area (Å²) in [6.07, 6.45) is 4.05. The molecule has 124 valence electrons. The van der Waals surface area contributed by atoms with E-state index < -0.39 is 5.60 Å². The Morgan fingerprint density at radius 3 is 2.71 bits per heavy atom. The molecule has 1 fully saturated rings. The van der Waals surface area contributed by atoms with E-state index in [1.54, 1.807) is 4.90 Å². The highest BCUT2D eigenvalue weighted by atomic mass is 16.6. The molecule has 0 aromatic carbocycles. The van der Waals surface area contributed by atoms with Crippen molar-refractivity contribution in [2.24, 2.45) is 0 Å². The number of carbonyl (C=O) groups excluding carboxylic acids is 1. The van der Waals surface area contributed by atoms with Crippen molar-refractivity contribution in [3.63, 3.8) is 0 Å². The average molecular weight is 300 g/mol. The standard InChI is InChI=1S/C16H32N2O3/c1-5-10-18(15(19)21-16(2,3)4)11-9-17-14-7-6-12-20-13-8-14/h14,17H,5-13H2,1-4H3. The van der Waals surface area contributed by atoms with Gasteiger partial charge in [0, 0.05) is 38.9 Å². The molecular weight excluding hydrogens is 268 g/mol. The van der Waals surface area contributed by atoms with E-state index >= 15 is 0 Å². The first-order valence-corrected chi connectivity index (χ1v) is 8.21. The zero-order valence-corrected chi connectivity index (χ0v) is 14.1. The van der Waals surface area contributed by atoms with E-state index in [-0.39, 0.29) is 6.09 Å². The third kappa shape index (κ3) is 8.27. The fourth-order valence-electron chi connectivity index (χ4n) is 2.40. The summed E-state index contributed by atoms with van der Waals surface area (Å²) in [6.45, 7) is 11.7. The van der Waals surface area contributed by atoms with Crippen LogP contribution in [-0.2, 0) is 9.47 Å². The number of rotatable bonds is 6. The second-order valence-corrected chi connectivity index (χ2v) is 6.66. The van der Waals surface area contributed by atoms with Gasteiger partial charge >= 0.3 is 6.09 Å². The van der Waals surface area contributed by atoms with Gasteiger partial charge in [0.15, 0.2) is 0 Å². The maximum absolute atomic E-state index is 12.1. The van der Waals surface area contributed by atoms with Crippen molar-refractivity contribution in [2.75, 3.05) is 32.8 Å². The molecule has 0 spiro atoms. The summed E-state index contributed by atoms with van der Waals surface area (Å²) >= 11 is 0. The van der Waals surface area contributed by atoms with E-state index in [4.69, 9.17) is 9.47 Å². The highest BCUT2D eigenvalue weighted by molar-refractivity contribution is 5.68. The van der Waals surface area contributed by atoms with Gasteiger partial charge < -0.3 is 19.7 Å². The van der Waals surface area contributed by atoms with Crippen molar-refractivity contribution in [3.05, 3.63) is 0 Å². The minimum Gasteiger partial charge on any atom is -0.444 e. The Morgan fingerprint density at radius 2 is 2.05 bits per heavy atom. The minimum atomic E-state index is -0.435. The molecule has 0 radical (unpaired) electrons. The number of ether oxygens (including phenoxy) is 2. The van der Waals surface area contributed by atoms with Gasteiger partial charge in [-0.15, -0.1) is 0 Å². The largest absolute Gasteiger partial charge is 0.444 e. The predicted molar refractivity (Wildman–Crippen MR) is 84.6 cm³/mol. The van der Waals surface area contributed by atoms with Gasteiger partial charge in [-0.1, -0.05) is 6.92 Å². The van der Waals surface area contributed by atoms with Crippen LogP contribution in [0.4, 0.5) is 4.79 Å². The van der Waals surface area contributed by atoms with Gasteiger partial charge in [0.1, 0.15) is 5.60 Å². The van der Waals surface area contributed by atoms with Crippen LogP contribution in [0.25, 0.3) is 0 Å². The average Bonchev–Trinajstić information content (AvgIpc) is 2.64. The van der Waals surface area contributed by atoms with Crippen LogP contribution < -0.4 is 5.32 Å². The fourth-order valence-corrected chi connectivity index (χ4v) is 2.40. The number of hydrogen-bond donors (Lipinski definition) is 1. The molecule has 5 nitrogen and oxygen atoms in total. The fraction of sp³-hybridized carbons (Fsp3) is 0.938. The van der Waals surface area contributed by atoms with Gasteiger partial charge in [-0.3, -0.25) is 0 Å². The molecule has 1 aliphatic heterocycles. The molecule has 0 bridgehead atoms. The molecule has 1 saturated heterocycles. The Labute approximate surface area is 129 Å². The van der Waals surface area contributed by atoms with Gasteiger partial charge in [0.25, 0.3) is 0 Å². The molecule has 1 rings (SSSR count). The van der Waals surface area contributed by atoms with E-state index in [0.717, 1.165) is 52.0 Å². The Bertz CT molecular complexity index is 294. The number of amides is 1. The zero-order valence-electron chi connectivity index (χ0n) is 14.1. The Morgan fingerprint density at radius 1 is 1.29 bits per heavy atom. The van der Waals surface area contributed by atoms with Gasteiger partial charge in [0.2, 0.25) is 0 Å². The topological polar surface area (TPSA) is 50.8 Å². The molecule has 1 unspecified atom stereocenters. The van der Waals surface area contributed by atoms with Crippen molar-refractivity contribution < 1.29 is 14.3 Å².